The number of hydrogen-bond donors (Lipinski definition) is 3. The zero-order chi connectivity index (χ0) is 26.2. The Morgan fingerprint density at radius 2 is 1.45 bits per heavy atom. The van der Waals surface area contributed by atoms with E-state index in [0.29, 0.717) is 36.9 Å². The average Bonchev–Trinajstić information content (AvgIpc) is 2.93. The van der Waals surface area contributed by atoms with Crippen molar-refractivity contribution in [3.63, 3.8) is 0 Å². The topological polar surface area (TPSA) is 105 Å². The molecule has 0 amide bonds. The molecule has 0 saturated carbocycles. The monoisotopic (exact) mass is 510 g/mol. The van der Waals surface area contributed by atoms with Gasteiger partial charge in [-0.15, -0.1) is 0 Å². The maximum absolute atomic E-state index is 11.2. The molecule has 2 aliphatic heterocycles. The molecule has 0 aromatic heterocycles. The van der Waals surface area contributed by atoms with Crippen molar-refractivity contribution in [1.29, 1.82) is 0 Å². The minimum atomic E-state index is -0.267. The smallest absolute Gasteiger partial charge is 0.298 e. The molecule has 7 nitrogen and oxygen atoms in total. The first-order chi connectivity index (χ1) is 18.5. The van der Waals surface area contributed by atoms with Crippen molar-refractivity contribution < 1.29 is 34.3 Å². The number of phenols is 3. The van der Waals surface area contributed by atoms with Crippen molar-refractivity contribution in [2.24, 2.45) is 0 Å². The second-order valence-electron chi connectivity index (χ2n) is 9.72. The number of aromatic hydroxyl groups is 3. The largest absolute Gasteiger partial charge is 0.508 e. The van der Waals surface area contributed by atoms with Gasteiger partial charge in [0, 0.05) is 41.0 Å². The highest BCUT2D eigenvalue weighted by Gasteiger charge is 2.36. The molecule has 4 aromatic carbocycles. The minimum Gasteiger partial charge on any atom is -0.508 e. The van der Waals surface area contributed by atoms with Gasteiger partial charge in [0.15, 0.2) is 0 Å². The van der Waals surface area contributed by atoms with Gasteiger partial charge >= 0.3 is 0 Å². The molecule has 2 aliphatic rings. The number of phenolic OH excluding ortho intramolecular Hbond substituents is 3. The van der Waals surface area contributed by atoms with Gasteiger partial charge in [-0.05, 0) is 59.5 Å². The molecule has 3 unspecified atom stereocenters. The maximum atomic E-state index is 11.2. The van der Waals surface area contributed by atoms with Crippen LogP contribution in [-0.4, -0.2) is 35.0 Å². The Morgan fingerprint density at radius 3 is 2.21 bits per heavy atom. The van der Waals surface area contributed by atoms with Crippen molar-refractivity contribution in [3.8, 4) is 34.5 Å². The number of carbonyl (C=O) groups is 1. The molecule has 0 spiro atoms. The van der Waals surface area contributed by atoms with Gasteiger partial charge in [-0.25, -0.2) is 0 Å². The third-order valence-corrected chi connectivity index (χ3v) is 7.46. The Hall–Kier alpha value is -4.65. The number of benzene rings is 4. The van der Waals surface area contributed by atoms with Crippen LogP contribution in [0.5, 0.6) is 34.5 Å². The second-order valence-corrected chi connectivity index (χ2v) is 9.72. The van der Waals surface area contributed by atoms with E-state index in [2.05, 4.69) is 0 Å². The van der Waals surface area contributed by atoms with Gasteiger partial charge in [-0.3, -0.25) is 4.79 Å². The molecule has 192 valence electrons. The quantitative estimate of drug-likeness (QED) is 0.310. The summed E-state index contributed by atoms with van der Waals surface area (Å²) >= 11 is 0. The molecule has 6 rings (SSSR count). The summed E-state index contributed by atoms with van der Waals surface area (Å²) in [5.74, 6) is 1.82. The fourth-order valence-corrected chi connectivity index (χ4v) is 5.57. The Morgan fingerprint density at radius 1 is 0.737 bits per heavy atom. The predicted octanol–water partition coefficient (Wildman–Crippen LogP) is 5.37. The summed E-state index contributed by atoms with van der Waals surface area (Å²) in [7, 11) is 0. The van der Waals surface area contributed by atoms with E-state index in [-0.39, 0.29) is 35.0 Å². The first kappa shape index (κ1) is 23.7. The molecule has 38 heavy (non-hydrogen) atoms. The van der Waals surface area contributed by atoms with Crippen LogP contribution in [0, 0.1) is 0 Å². The van der Waals surface area contributed by atoms with Crippen LogP contribution in [0.4, 0.5) is 0 Å². The lowest BCUT2D eigenvalue weighted by molar-refractivity contribution is -0.120. The summed E-state index contributed by atoms with van der Waals surface area (Å²) in [6, 6.07) is 23.2. The van der Waals surface area contributed by atoms with E-state index in [4.69, 9.17) is 14.2 Å². The van der Waals surface area contributed by atoms with Crippen LogP contribution >= 0.6 is 0 Å². The van der Waals surface area contributed by atoms with E-state index < -0.39 is 0 Å². The SMILES string of the molecule is O=COc1ccc(C2COc3cc(O)ccc3C2c2cc3c(cc2O)OCC(c2ccc(O)cc2)C3)cc1. The summed E-state index contributed by atoms with van der Waals surface area (Å²) < 4.78 is 17.1. The second kappa shape index (κ2) is 9.67. The van der Waals surface area contributed by atoms with Crippen molar-refractivity contribution in [3.05, 3.63) is 107 Å². The van der Waals surface area contributed by atoms with Crippen LogP contribution in [-0.2, 0) is 11.2 Å². The fourth-order valence-electron chi connectivity index (χ4n) is 5.57. The van der Waals surface area contributed by atoms with Gasteiger partial charge in [-0.1, -0.05) is 30.3 Å². The van der Waals surface area contributed by atoms with Crippen molar-refractivity contribution in [2.75, 3.05) is 13.2 Å². The lowest BCUT2D eigenvalue weighted by atomic mass is 9.74. The first-order valence-electron chi connectivity index (χ1n) is 12.4. The summed E-state index contributed by atoms with van der Waals surface area (Å²) in [6.45, 7) is 1.20. The highest BCUT2D eigenvalue weighted by molar-refractivity contribution is 5.57. The molecule has 4 aromatic rings. The first-order valence-corrected chi connectivity index (χ1v) is 12.4. The maximum Gasteiger partial charge on any atom is 0.298 e. The van der Waals surface area contributed by atoms with Crippen molar-refractivity contribution in [1.82, 2.24) is 0 Å². The van der Waals surface area contributed by atoms with Gasteiger partial charge in [0.25, 0.3) is 6.47 Å². The van der Waals surface area contributed by atoms with Gasteiger partial charge in [0.2, 0.25) is 0 Å². The Kier molecular flexibility index (Phi) is 6.04. The van der Waals surface area contributed by atoms with E-state index in [0.717, 1.165) is 34.2 Å². The van der Waals surface area contributed by atoms with E-state index in [1.54, 1.807) is 42.5 Å². The molecule has 2 heterocycles. The van der Waals surface area contributed by atoms with Gasteiger partial charge in [-0.2, -0.15) is 0 Å². The van der Waals surface area contributed by atoms with Crippen LogP contribution in [0.15, 0.2) is 78.9 Å². The zero-order valence-corrected chi connectivity index (χ0v) is 20.4. The third-order valence-electron chi connectivity index (χ3n) is 7.46. The summed E-state index contributed by atoms with van der Waals surface area (Å²) in [4.78, 5) is 10.7. The molecule has 3 N–H and O–H groups in total. The Labute approximate surface area is 219 Å². The third kappa shape index (κ3) is 4.36. The van der Waals surface area contributed by atoms with Crippen LogP contribution in [0.2, 0.25) is 0 Å². The molecule has 7 heteroatoms. The predicted molar refractivity (Wildman–Crippen MR) is 139 cm³/mol. The molecule has 0 saturated heterocycles. The van der Waals surface area contributed by atoms with Crippen molar-refractivity contribution in [2.45, 2.75) is 24.2 Å². The summed E-state index contributed by atoms with van der Waals surface area (Å²) in [5.41, 5.74) is 4.62. The molecule has 0 bridgehead atoms. The average molecular weight is 511 g/mol. The number of fused-ring (bicyclic) bond motifs is 2. The minimum absolute atomic E-state index is 0.108. The van der Waals surface area contributed by atoms with Gasteiger partial charge in [0.05, 0.1) is 13.2 Å². The molecule has 0 fully saturated rings. The number of ether oxygens (including phenoxy) is 3. The Bertz CT molecular complexity index is 1480. The fraction of sp³-hybridized carbons (Fsp3) is 0.194. The number of carbonyl (C=O) groups excluding carboxylic acids is 1. The van der Waals surface area contributed by atoms with Crippen molar-refractivity contribution >= 4 is 6.47 Å². The summed E-state index contributed by atoms with van der Waals surface area (Å²) in [6.07, 6.45) is 0.724. The van der Waals surface area contributed by atoms with Gasteiger partial charge in [0.1, 0.15) is 34.5 Å². The molecular formula is C31H26O7. The molecule has 0 aliphatic carbocycles. The standard InChI is InChI=1S/C31H26O7/c32-17-38-24-8-3-19(4-9-24)27-16-37-30-13-23(34)7-10-25(30)31(27)26-12-20-11-21(15-36-29(20)14-28(26)35)18-1-5-22(33)6-2-18/h1-10,12-14,17,21,27,31,33-35H,11,15-16H2. The highest BCUT2D eigenvalue weighted by Crippen LogP contribution is 2.51. The Balaban J connectivity index is 1.42. The van der Waals surface area contributed by atoms with E-state index in [9.17, 15) is 20.1 Å². The normalized spacial score (nSPS) is 19.8. The van der Waals surface area contributed by atoms with Crippen LogP contribution < -0.4 is 14.2 Å². The van der Waals surface area contributed by atoms with Crippen LogP contribution in [0.25, 0.3) is 0 Å². The molecule has 0 radical (unpaired) electrons. The van der Waals surface area contributed by atoms with Crippen LogP contribution in [0.3, 0.4) is 0 Å². The zero-order valence-electron chi connectivity index (χ0n) is 20.4. The van der Waals surface area contributed by atoms with E-state index >= 15 is 0 Å². The van der Waals surface area contributed by atoms with E-state index in [1.165, 1.54) is 0 Å². The van der Waals surface area contributed by atoms with Crippen LogP contribution in [0.1, 0.15) is 45.6 Å². The highest BCUT2D eigenvalue weighted by atomic mass is 16.5. The molecular weight excluding hydrogens is 484 g/mol. The molecule has 3 atom stereocenters. The lowest BCUT2D eigenvalue weighted by Gasteiger charge is -2.36. The lowest BCUT2D eigenvalue weighted by Crippen LogP contribution is -2.26. The summed E-state index contributed by atoms with van der Waals surface area (Å²) in [5, 5.41) is 31.0. The number of hydrogen-bond acceptors (Lipinski definition) is 7. The van der Waals surface area contributed by atoms with E-state index in [1.807, 2.05) is 36.4 Å². The van der Waals surface area contributed by atoms with Gasteiger partial charge < -0.3 is 29.5 Å². The number of rotatable bonds is 5.